The van der Waals surface area contributed by atoms with Gasteiger partial charge in [-0.25, -0.2) is 4.98 Å². The summed E-state index contributed by atoms with van der Waals surface area (Å²) in [6.45, 7) is 2.83. The van der Waals surface area contributed by atoms with E-state index < -0.39 is 0 Å². The van der Waals surface area contributed by atoms with Gasteiger partial charge in [0, 0.05) is 28.6 Å². The van der Waals surface area contributed by atoms with E-state index in [4.69, 9.17) is 26.1 Å². The first kappa shape index (κ1) is 18.7. The number of thiazole rings is 1. The van der Waals surface area contributed by atoms with Gasteiger partial charge in [-0.1, -0.05) is 23.7 Å². The Balaban J connectivity index is 1.67. The summed E-state index contributed by atoms with van der Waals surface area (Å²) < 4.78 is 10.7. The Hall–Kier alpha value is -2.08. The minimum Gasteiger partial charge on any atom is -0.493 e. The lowest BCUT2D eigenvalue weighted by molar-refractivity contribution is 0.355. The zero-order chi connectivity index (χ0) is 18.5. The molecule has 6 heteroatoms. The molecular weight excluding hydrogens is 368 g/mol. The highest BCUT2D eigenvalue weighted by molar-refractivity contribution is 7.13. The van der Waals surface area contributed by atoms with Crippen LogP contribution in [0.25, 0.3) is 10.6 Å². The van der Waals surface area contributed by atoms with Crippen molar-refractivity contribution in [2.45, 2.75) is 19.5 Å². The SMILES string of the molecule is COc1ccc(-c2nc(CN[C@@H](C)c3ccc(Cl)cc3)cs2)cc1OC. The van der Waals surface area contributed by atoms with Gasteiger partial charge < -0.3 is 14.8 Å². The van der Waals surface area contributed by atoms with Gasteiger partial charge in [-0.2, -0.15) is 0 Å². The van der Waals surface area contributed by atoms with Crippen LogP contribution in [0.5, 0.6) is 11.5 Å². The molecule has 0 saturated heterocycles. The number of rotatable bonds is 7. The molecule has 26 heavy (non-hydrogen) atoms. The van der Waals surface area contributed by atoms with Crippen LogP contribution in [-0.2, 0) is 6.54 Å². The Kier molecular flexibility index (Phi) is 6.14. The first-order chi connectivity index (χ1) is 12.6. The smallest absolute Gasteiger partial charge is 0.161 e. The van der Waals surface area contributed by atoms with Crippen LogP contribution in [0, 0.1) is 0 Å². The van der Waals surface area contributed by atoms with Crippen molar-refractivity contribution in [3.63, 3.8) is 0 Å². The van der Waals surface area contributed by atoms with Crippen molar-refractivity contribution in [2.24, 2.45) is 0 Å². The molecular formula is C20H21ClN2O2S. The number of methoxy groups -OCH3 is 2. The van der Waals surface area contributed by atoms with Crippen LogP contribution in [0.4, 0.5) is 0 Å². The van der Waals surface area contributed by atoms with Crippen molar-refractivity contribution >= 4 is 22.9 Å². The largest absolute Gasteiger partial charge is 0.493 e. The van der Waals surface area contributed by atoms with E-state index in [9.17, 15) is 0 Å². The van der Waals surface area contributed by atoms with Gasteiger partial charge in [0.25, 0.3) is 0 Å². The van der Waals surface area contributed by atoms with Gasteiger partial charge in [0.05, 0.1) is 19.9 Å². The quantitative estimate of drug-likeness (QED) is 0.594. The first-order valence-corrected chi connectivity index (χ1v) is 9.52. The monoisotopic (exact) mass is 388 g/mol. The van der Waals surface area contributed by atoms with E-state index in [-0.39, 0.29) is 6.04 Å². The van der Waals surface area contributed by atoms with Crippen LogP contribution in [0.15, 0.2) is 47.8 Å². The summed E-state index contributed by atoms with van der Waals surface area (Å²) >= 11 is 7.56. The number of ether oxygens (including phenoxy) is 2. The predicted molar refractivity (Wildman–Crippen MR) is 107 cm³/mol. The zero-order valence-corrected chi connectivity index (χ0v) is 16.5. The average molecular weight is 389 g/mol. The number of halogens is 1. The molecule has 0 aliphatic carbocycles. The summed E-state index contributed by atoms with van der Waals surface area (Å²) in [6, 6.07) is 14.0. The van der Waals surface area contributed by atoms with E-state index in [0.717, 1.165) is 21.3 Å². The minimum atomic E-state index is 0.221. The fraction of sp³-hybridized carbons (Fsp3) is 0.250. The molecule has 0 aliphatic heterocycles. The van der Waals surface area contributed by atoms with Gasteiger partial charge in [0.15, 0.2) is 11.5 Å². The predicted octanol–water partition coefficient (Wildman–Crippen LogP) is 5.33. The number of aromatic nitrogens is 1. The van der Waals surface area contributed by atoms with E-state index in [2.05, 4.69) is 17.6 Å². The van der Waals surface area contributed by atoms with Crippen LogP contribution >= 0.6 is 22.9 Å². The van der Waals surface area contributed by atoms with E-state index in [1.165, 1.54) is 5.56 Å². The summed E-state index contributed by atoms with van der Waals surface area (Å²) in [4.78, 5) is 4.73. The number of benzene rings is 2. The summed E-state index contributed by atoms with van der Waals surface area (Å²) in [5.74, 6) is 1.42. The lowest BCUT2D eigenvalue weighted by atomic mass is 10.1. The third kappa shape index (κ3) is 4.36. The Morgan fingerprint density at radius 3 is 2.50 bits per heavy atom. The molecule has 0 spiro atoms. The van der Waals surface area contributed by atoms with Crippen LogP contribution in [-0.4, -0.2) is 19.2 Å². The van der Waals surface area contributed by atoms with Crippen LogP contribution in [0.3, 0.4) is 0 Å². The molecule has 4 nitrogen and oxygen atoms in total. The van der Waals surface area contributed by atoms with Gasteiger partial charge in [0.1, 0.15) is 5.01 Å². The van der Waals surface area contributed by atoms with E-state index in [1.54, 1.807) is 25.6 Å². The summed E-state index contributed by atoms with van der Waals surface area (Å²) in [5, 5.41) is 7.28. The molecule has 0 amide bonds. The maximum absolute atomic E-state index is 5.95. The molecule has 1 N–H and O–H groups in total. The second-order valence-corrected chi connectivity index (χ2v) is 7.16. The highest BCUT2D eigenvalue weighted by atomic mass is 35.5. The van der Waals surface area contributed by atoms with Gasteiger partial charge in [-0.05, 0) is 42.8 Å². The van der Waals surface area contributed by atoms with Gasteiger partial charge >= 0.3 is 0 Å². The third-order valence-electron chi connectivity index (χ3n) is 4.14. The normalized spacial score (nSPS) is 12.0. The van der Waals surface area contributed by atoms with Gasteiger partial charge in [-0.15, -0.1) is 11.3 Å². The van der Waals surface area contributed by atoms with Crippen LogP contribution < -0.4 is 14.8 Å². The Bertz CT molecular complexity index is 865. The molecule has 2 aromatic carbocycles. The average Bonchev–Trinajstić information content (AvgIpc) is 3.15. The van der Waals surface area contributed by atoms with Gasteiger partial charge in [-0.3, -0.25) is 0 Å². The minimum absolute atomic E-state index is 0.221. The Labute approximate surface area is 162 Å². The standard InChI is InChI=1S/C20H21ClN2O2S/c1-13(14-4-7-16(21)8-5-14)22-11-17-12-26-20(23-17)15-6-9-18(24-2)19(10-15)25-3/h4-10,12-13,22H,11H2,1-3H3/t13-/m0/s1. The fourth-order valence-electron chi connectivity index (χ4n) is 2.62. The molecule has 1 aromatic heterocycles. The number of hydrogen-bond acceptors (Lipinski definition) is 5. The lowest BCUT2D eigenvalue weighted by Gasteiger charge is -2.13. The highest BCUT2D eigenvalue weighted by Crippen LogP contribution is 2.33. The molecule has 3 aromatic rings. The van der Waals surface area contributed by atoms with Crippen LogP contribution in [0.2, 0.25) is 5.02 Å². The topological polar surface area (TPSA) is 43.4 Å². The maximum Gasteiger partial charge on any atom is 0.161 e. The van der Waals surface area contributed by atoms with Crippen molar-refractivity contribution in [2.75, 3.05) is 14.2 Å². The highest BCUT2D eigenvalue weighted by Gasteiger charge is 2.11. The number of hydrogen-bond donors (Lipinski definition) is 1. The molecule has 0 fully saturated rings. The molecule has 0 radical (unpaired) electrons. The molecule has 0 saturated carbocycles. The second-order valence-electron chi connectivity index (χ2n) is 5.87. The molecule has 3 rings (SSSR count). The molecule has 136 valence electrons. The van der Waals surface area contributed by atoms with Crippen LogP contribution in [0.1, 0.15) is 24.2 Å². The molecule has 1 heterocycles. The number of nitrogens with one attached hydrogen (secondary N) is 1. The van der Waals surface area contributed by atoms with Gasteiger partial charge in [0.2, 0.25) is 0 Å². The van der Waals surface area contributed by atoms with E-state index in [1.807, 2.05) is 42.5 Å². The molecule has 1 atom stereocenters. The summed E-state index contributed by atoms with van der Waals surface area (Å²) in [6.07, 6.45) is 0. The third-order valence-corrected chi connectivity index (χ3v) is 5.33. The lowest BCUT2D eigenvalue weighted by Crippen LogP contribution is -2.18. The van der Waals surface area contributed by atoms with Crippen molar-refractivity contribution < 1.29 is 9.47 Å². The van der Waals surface area contributed by atoms with Crippen molar-refractivity contribution in [3.8, 4) is 22.1 Å². The Morgan fingerprint density at radius 1 is 1.08 bits per heavy atom. The van der Waals surface area contributed by atoms with E-state index in [0.29, 0.717) is 18.0 Å². The molecule has 0 unspecified atom stereocenters. The van der Waals surface area contributed by atoms with Crippen molar-refractivity contribution in [1.82, 2.24) is 10.3 Å². The van der Waals surface area contributed by atoms with E-state index >= 15 is 0 Å². The maximum atomic E-state index is 5.95. The Morgan fingerprint density at radius 2 is 1.81 bits per heavy atom. The first-order valence-electron chi connectivity index (χ1n) is 8.26. The summed E-state index contributed by atoms with van der Waals surface area (Å²) in [5.41, 5.74) is 3.23. The molecule has 0 aliphatic rings. The summed E-state index contributed by atoms with van der Waals surface area (Å²) in [7, 11) is 3.27. The second kappa shape index (κ2) is 8.54. The molecule has 0 bridgehead atoms. The van der Waals surface area contributed by atoms with Crippen molar-refractivity contribution in [1.29, 1.82) is 0 Å². The fourth-order valence-corrected chi connectivity index (χ4v) is 3.56. The van der Waals surface area contributed by atoms with Crippen molar-refractivity contribution in [3.05, 3.63) is 64.1 Å². The zero-order valence-electron chi connectivity index (χ0n) is 15.0. The number of nitrogens with zero attached hydrogens (tertiary/aromatic N) is 1.